The molecular formula is C4H9ClN2O3S. The van der Waals surface area contributed by atoms with Gasteiger partial charge in [0.05, 0.1) is 6.54 Å². The molecule has 0 aliphatic rings. The molecule has 66 valence electrons. The Kier molecular flexibility index (Phi) is 3.77. The van der Waals surface area contributed by atoms with Crippen molar-refractivity contribution >= 4 is 27.5 Å². The molecule has 0 aliphatic carbocycles. The van der Waals surface area contributed by atoms with E-state index in [0.29, 0.717) is 0 Å². The number of hydrogen-bond donors (Lipinski definition) is 1. The summed E-state index contributed by atoms with van der Waals surface area (Å²) < 4.78 is 22.4. The molecule has 7 heteroatoms. The second-order valence-corrected chi connectivity index (χ2v) is 4.60. The number of alkyl halides is 1. The first-order valence-corrected chi connectivity index (χ1v) is 4.83. The minimum atomic E-state index is -3.50. The van der Waals surface area contributed by atoms with Crippen LogP contribution in [0.5, 0.6) is 0 Å². The molecule has 0 radical (unpaired) electrons. The highest BCUT2D eigenvalue weighted by Gasteiger charge is 2.17. The third-order valence-corrected chi connectivity index (χ3v) is 3.17. The van der Waals surface area contributed by atoms with Gasteiger partial charge >= 0.3 is 0 Å². The molecule has 5 nitrogen and oxygen atoms in total. The normalized spacial score (nSPS) is 11.9. The molecule has 0 aromatic rings. The highest BCUT2D eigenvalue weighted by Crippen LogP contribution is 1.98. The van der Waals surface area contributed by atoms with Gasteiger partial charge in [-0.05, 0) is 0 Å². The van der Waals surface area contributed by atoms with Crippen LogP contribution >= 0.6 is 11.6 Å². The zero-order valence-corrected chi connectivity index (χ0v) is 7.52. The number of carbonyl (C=O) groups excluding carboxylic acids is 1. The molecule has 0 heterocycles. The van der Waals surface area contributed by atoms with Crippen molar-refractivity contribution in [2.45, 2.75) is 0 Å². The lowest BCUT2D eigenvalue weighted by Gasteiger charge is -2.11. The third kappa shape index (κ3) is 3.54. The van der Waals surface area contributed by atoms with Gasteiger partial charge in [0.2, 0.25) is 15.9 Å². The summed E-state index contributed by atoms with van der Waals surface area (Å²) in [5, 5.41) is -0.545. The van der Waals surface area contributed by atoms with E-state index in [0.717, 1.165) is 4.31 Å². The number of carbonyl (C=O) groups is 1. The van der Waals surface area contributed by atoms with E-state index in [1.165, 1.54) is 7.05 Å². The van der Waals surface area contributed by atoms with Crippen LogP contribution in [-0.4, -0.2) is 37.4 Å². The molecule has 0 saturated heterocycles. The molecule has 0 aromatic heterocycles. The van der Waals surface area contributed by atoms with Crippen LogP contribution in [0.1, 0.15) is 0 Å². The Bertz CT molecular complexity index is 238. The molecule has 0 fully saturated rings. The minimum absolute atomic E-state index is 0.338. The number of likely N-dealkylation sites (N-methyl/N-ethyl adjacent to an activating group) is 1. The second-order valence-electron chi connectivity index (χ2n) is 1.94. The SMILES string of the molecule is CN(CC(N)=O)S(=O)(=O)CCl. The Morgan fingerprint density at radius 3 is 2.36 bits per heavy atom. The maximum absolute atomic E-state index is 10.8. The van der Waals surface area contributed by atoms with E-state index in [9.17, 15) is 13.2 Å². The number of primary amides is 1. The molecule has 2 N–H and O–H groups in total. The Balaban J connectivity index is 4.26. The third-order valence-electron chi connectivity index (χ3n) is 0.991. The van der Waals surface area contributed by atoms with Crippen molar-refractivity contribution < 1.29 is 13.2 Å². The lowest BCUT2D eigenvalue weighted by atomic mass is 10.6. The van der Waals surface area contributed by atoms with Crippen LogP contribution in [0.15, 0.2) is 0 Å². The fourth-order valence-electron chi connectivity index (χ4n) is 0.401. The highest BCUT2D eigenvalue weighted by molar-refractivity contribution is 7.90. The van der Waals surface area contributed by atoms with Crippen molar-refractivity contribution in [2.24, 2.45) is 5.73 Å². The van der Waals surface area contributed by atoms with Crippen LogP contribution in [0.3, 0.4) is 0 Å². The van der Waals surface area contributed by atoms with Gasteiger partial charge in [0.25, 0.3) is 0 Å². The highest BCUT2D eigenvalue weighted by atomic mass is 35.5. The van der Waals surface area contributed by atoms with Crippen LogP contribution < -0.4 is 5.73 Å². The van der Waals surface area contributed by atoms with Crippen molar-refractivity contribution in [2.75, 3.05) is 18.8 Å². The minimum Gasteiger partial charge on any atom is -0.369 e. The number of amides is 1. The van der Waals surface area contributed by atoms with Gasteiger partial charge in [0.15, 0.2) is 0 Å². The van der Waals surface area contributed by atoms with Crippen molar-refractivity contribution in [1.29, 1.82) is 0 Å². The van der Waals surface area contributed by atoms with Gasteiger partial charge in [-0.3, -0.25) is 4.79 Å². The van der Waals surface area contributed by atoms with Crippen molar-refractivity contribution in [1.82, 2.24) is 4.31 Å². The predicted octanol–water partition coefficient (Wildman–Crippen LogP) is -1.07. The topological polar surface area (TPSA) is 80.5 Å². The summed E-state index contributed by atoms with van der Waals surface area (Å²) in [6.45, 7) is -0.338. The van der Waals surface area contributed by atoms with Crippen LogP contribution in [0.2, 0.25) is 0 Å². The number of hydrogen-bond acceptors (Lipinski definition) is 3. The molecular weight excluding hydrogens is 192 g/mol. The van der Waals surface area contributed by atoms with E-state index < -0.39 is 21.1 Å². The molecule has 0 rings (SSSR count). The monoisotopic (exact) mass is 200 g/mol. The van der Waals surface area contributed by atoms with E-state index in [4.69, 9.17) is 17.3 Å². The Labute approximate surface area is 70.2 Å². The zero-order valence-electron chi connectivity index (χ0n) is 5.95. The molecule has 0 aliphatic heterocycles. The fraction of sp³-hybridized carbons (Fsp3) is 0.750. The summed E-state index contributed by atoms with van der Waals surface area (Å²) in [5.41, 5.74) is 4.76. The van der Waals surface area contributed by atoms with E-state index in [1.54, 1.807) is 0 Å². The van der Waals surface area contributed by atoms with E-state index in [-0.39, 0.29) is 6.54 Å². The first-order chi connectivity index (χ1) is 4.90. The molecule has 0 saturated carbocycles. The predicted molar refractivity (Wildman–Crippen MR) is 41.5 cm³/mol. The van der Waals surface area contributed by atoms with E-state index in [1.807, 2.05) is 0 Å². The number of halogens is 1. The van der Waals surface area contributed by atoms with Crippen molar-refractivity contribution in [3.8, 4) is 0 Å². The van der Waals surface area contributed by atoms with Crippen molar-refractivity contribution in [3.63, 3.8) is 0 Å². The Morgan fingerprint density at radius 1 is 1.64 bits per heavy atom. The van der Waals surface area contributed by atoms with E-state index in [2.05, 4.69) is 0 Å². The Hall–Kier alpha value is -0.330. The van der Waals surface area contributed by atoms with Crippen molar-refractivity contribution in [3.05, 3.63) is 0 Å². The number of sulfonamides is 1. The summed E-state index contributed by atoms with van der Waals surface area (Å²) >= 11 is 5.09. The fourth-order valence-corrected chi connectivity index (χ4v) is 1.39. The van der Waals surface area contributed by atoms with Crippen LogP contribution in [0.4, 0.5) is 0 Å². The lowest BCUT2D eigenvalue weighted by Crippen LogP contribution is -2.35. The number of nitrogens with two attached hydrogens (primary N) is 1. The van der Waals surface area contributed by atoms with Gasteiger partial charge in [-0.15, -0.1) is 11.6 Å². The average Bonchev–Trinajstić information content (AvgIpc) is 1.86. The molecule has 0 spiro atoms. The summed E-state index contributed by atoms with van der Waals surface area (Å²) in [4.78, 5) is 10.2. The second kappa shape index (κ2) is 3.89. The zero-order chi connectivity index (χ0) is 9.07. The Morgan fingerprint density at radius 2 is 2.09 bits per heavy atom. The average molecular weight is 201 g/mol. The van der Waals surface area contributed by atoms with E-state index >= 15 is 0 Å². The number of rotatable bonds is 4. The van der Waals surface area contributed by atoms with Gasteiger partial charge in [0, 0.05) is 7.05 Å². The number of nitrogens with zero attached hydrogens (tertiary/aromatic N) is 1. The van der Waals surface area contributed by atoms with Gasteiger partial charge in [0.1, 0.15) is 5.21 Å². The summed E-state index contributed by atoms with van der Waals surface area (Å²) in [6, 6.07) is 0. The van der Waals surface area contributed by atoms with Crippen LogP contribution in [0, 0.1) is 0 Å². The smallest absolute Gasteiger partial charge is 0.232 e. The molecule has 0 aromatic carbocycles. The van der Waals surface area contributed by atoms with Gasteiger partial charge in [-0.2, -0.15) is 4.31 Å². The quantitative estimate of drug-likeness (QED) is 0.587. The standard InChI is InChI=1S/C4H9ClN2O3S/c1-7(2-4(6)8)11(9,10)3-5/h2-3H2,1H3,(H2,6,8). The molecule has 1 amide bonds. The van der Waals surface area contributed by atoms with Gasteiger partial charge in [-0.1, -0.05) is 0 Å². The molecule has 0 bridgehead atoms. The van der Waals surface area contributed by atoms with Crippen LogP contribution in [0.25, 0.3) is 0 Å². The van der Waals surface area contributed by atoms with Crippen LogP contribution in [-0.2, 0) is 14.8 Å². The summed E-state index contributed by atoms with van der Waals surface area (Å²) in [5.74, 6) is -0.707. The van der Waals surface area contributed by atoms with Gasteiger partial charge in [-0.25, -0.2) is 8.42 Å². The lowest BCUT2D eigenvalue weighted by molar-refractivity contribution is -0.118. The first kappa shape index (κ1) is 10.7. The maximum atomic E-state index is 10.8. The molecule has 0 unspecified atom stereocenters. The largest absolute Gasteiger partial charge is 0.369 e. The summed E-state index contributed by atoms with van der Waals surface area (Å²) in [7, 11) is -2.26. The maximum Gasteiger partial charge on any atom is 0.232 e. The molecule has 0 atom stereocenters. The molecule has 11 heavy (non-hydrogen) atoms. The van der Waals surface area contributed by atoms with Gasteiger partial charge < -0.3 is 5.73 Å². The summed E-state index contributed by atoms with van der Waals surface area (Å²) in [6.07, 6.45) is 0. The first-order valence-electron chi connectivity index (χ1n) is 2.68.